The molecular weight excluding hydrogens is 232 g/mol. The topological polar surface area (TPSA) is 6.48 Å². The summed E-state index contributed by atoms with van der Waals surface area (Å²) in [7, 11) is 2.08. The summed E-state index contributed by atoms with van der Waals surface area (Å²) >= 11 is 0. The lowest BCUT2D eigenvalue weighted by Crippen LogP contribution is -2.21. The maximum atomic E-state index is 10.4. The molecule has 15 heavy (non-hydrogen) atoms. The number of nitrogens with zero attached hydrogens (tertiary/aromatic N) is 2. The lowest BCUT2D eigenvalue weighted by Gasteiger charge is -2.14. The third-order valence-electron chi connectivity index (χ3n) is 1.53. The van der Waals surface area contributed by atoms with E-state index in [1.807, 2.05) is 0 Å². The van der Waals surface area contributed by atoms with Crippen LogP contribution in [-0.2, 0) is 0 Å². The van der Waals surface area contributed by atoms with Crippen molar-refractivity contribution in [2.24, 2.45) is 0 Å². The molecule has 0 fully saturated rings. The number of alkyl halides is 4. The first kappa shape index (κ1) is 16.8. The number of halogens is 4. The molecule has 0 N–H and O–H groups in total. The first-order valence-corrected chi connectivity index (χ1v) is 4.16. The van der Waals surface area contributed by atoms with E-state index in [2.05, 4.69) is 36.2 Å². The van der Waals surface area contributed by atoms with Gasteiger partial charge < -0.3 is 9.80 Å². The Labute approximate surface area is 94.0 Å². The average Bonchev–Trinajstić information content (AvgIpc) is 2.52. The highest BCUT2D eigenvalue weighted by molar-refractivity contribution is 7.59. The molecule has 7 heteroatoms. The summed E-state index contributed by atoms with van der Waals surface area (Å²) in [5.74, 6) is 0. The zero-order valence-corrected chi connectivity index (χ0v) is 9.63. The molecule has 0 radical (unpaired) electrons. The Kier molecular flexibility index (Phi) is 9.76. The summed E-state index contributed by atoms with van der Waals surface area (Å²) in [6, 6.07) is 0. The van der Waals surface area contributed by atoms with Crippen LogP contribution >= 0.6 is 13.5 Å². The van der Waals surface area contributed by atoms with E-state index in [-0.39, 0.29) is 13.5 Å². The van der Waals surface area contributed by atoms with Gasteiger partial charge in [0.25, 0.3) is 12.9 Å². The molecular formula is C8H16F4N2S. The van der Waals surface area contributed by atoms with Gasteiger partial charge in [-0.1, -0.05) is 0 Å². The molecule has 1 aliphatic heterocycles. The van der Waals surface area contributed by atoms with Crippen LogP contribution in [0.4, 0.5) is 17.6 Å². The molecule has 0 saturated heterocycles. The first-order chi connectivity index (χ1) is 6.47. The maximum absolute atomic E-state index is 10.4. The van der Waals surface area contributed by atoms with Crippen LogP contribution in [0.25, 0.3) is 0 Å². The molecule has 0 aromatic rings. The Hall–Kier alpha value is -0.590. The standard InChI is InChI=1S/C6H12N2.C2H2F4.H2S/c1-3-8-5-4-7(2)6-8;3-1(4)2(5)6;/h4-5H,3,6H2,1-2H3;1-2H;1H2. The second kappa shape index (κ2) is 8.70. The highest BCUT2D eigenvalue weighted by atomic mass is 32.1. The van der Waals surface area contributed by atoms with E-state index < -0.39 is 12.9 Å². The van der Waals surface area contributed by atoms with Gasteiger partial charge in [0.05, 0.1) is 6.67 Å². The fraction of sp³-hybridized carbons (Fsp3) is 0.750. The molecule has 0 amide bonds. The average molecular weight is 248 g/mol. The largest absolute Gasteiger partial charge is 0.362 e. The first-order valence-electron chi connectivity index (χ1n) is 4.16. The fourth-order valence-corrected chi connectivity index (χ4v) is 0.794. The van der Waals surface area contributed by atoms with Crippen LogP contribution in [0, 0.1) is 0 Å². The zero-order valence-electron chi connectivity index (χ0n) is 8.63. The minimum atomic E-state index is -3.48. The normalized spacial score (nSPS) is 14.1. The van der Waals surface area contributed by atoms with Gasteiger partial charge in [-0.25, -0.2) is 17.6 Å². The van der Waals surface area contributed by atoms with E-state index in [1.54, 1.807) is 0 Å². The molecule has 0 aromatic carbocycles. The van der Waals surface area contributed by atoms with Crippen molar-refractivity contribution >= 4 is 13.5 Å². The van der Waals surface area contributed by atoms with Gasteiger partial charge in [0.1, 0.15) is 0 Å². The predicted octanol–water partition coefficient (Wildman–Crippen LogP) is 2.31. The van der Waals surface area contributed by atoms with E-state index in [0.29, 0.717) is 0 Å². The summed E-state index contributed by atoms with van der Waals surface area (Å²) in [5, 5.41) is 0. The highest BCUT2D eigenvalue weighted by Crippen LogP contribution is 2.04. The van der Waals surface area contributed by atoms with E-state index >= 15 is 0 Å². The van der Waals surface area contributed by atoms with E-state index in [0.717, 1.165) is 13.2 Å². The van der Waals surface area contributed by atoms with Gasteiger partial charge in [-0.2, -0.15) is 13.5 Å². The van der Waals surface area contributed by atoms with Gasteiger partial charge in [-0.3, -0.25) is 0 Å². The van der Waals surface area contributed by atoms with Crippen molar-refractivity contribution in [3.8, 4) is 0 Å². The van der Waals surface area contributed by atoms with Gasteiger partial charge in [0, 0.05) is 26.0 Å². The van der Waals surface area contributed by atoms with Crippen LogP contribution in [0.15, 0.2) is 12.4 Å². The maximum Gasteiger partial charge on any atom is 0.298 e. The van der Waals surface area contributed by atoms with E-state index in [9.17, 15) is 17.6 Å². The van der Waals surface area contributed by atoms with Crippen molar-refractivity contribution in [3.63, 3.8) is 0 Å². The molecule has 1 rings (SSSR count). The Morgan fingerprint density at radius 3 is 1.73 bits per heavy atom. The summed E-state index contributed by atoms with van der Waals surface area (Å²) in [5.41, 5.74) is 0. The molecule has 0 aliphatic carbocycles. The van der Waals surface area contributed by atoms with Crippen molar-refractivity contribution in [3.05, 3.63) is 12.4 Å². The summed E-state index contributed by atoms with van der Waals surface area (Å²) in [6.45, 7) is 4.32. The third kappa shape index (κ3) is 8.41. The summed E-state index contributed by atoms with van der Waals surface area (Å²) in [6.07, 6.45) is -2.77. The molecule has 1 aliphatic rings. The Morgan fingerprint density at radius 2 is 1.60 bits per heavy atom. The molecule has 0 saturated carbocycles. The molecule has 92 valence electrons. The van der Waals surface area contributed by atoms with E-state index in [4.69, 9.17) is 0 Å². The smallest absolute Gasteiger partial charge is 0.298 e. The van der Waals surface area contributed by atoms with Crippen molar-refractivity contribution < 1.29 is 17.6 Å². The van der Waals surface area contributed by atoms with Crippen LogP contribution in [0.3, 0.4) is 0 Å². The molecule has 0 unspecified atom stereocenters. The highest BCUT2D eigenvalue weighted by Gasteiger charge is 2.15. The molecule has 0 aromatic heterocycles. The molecule has 1 heterocycles. The van der Waals surface area contributed by atoms with Gasteiger partial charge >= 0.3 is 0 Å². The minimum absolute atomic E-state index is 0. The third-order valence-corrected chi connectivity index (χ3v) is 1.53. The van der Waals surface area contributed by atoms with Crippen molar-refractivity contribution in [2.75, 3.05) is 20.3 Å². The molecule has 0 atom stereocenters. The zero-order chi connectivity index (χ0) is 11.1. The second-order valence-corrected chi connectivity index (χ2v) is 2.77. The number of hydrogen-bond donors (Lipinski definition) is 0. The van der Waals surface area contributed by atoms with Crippen LogP contribution in [0.1, 0.15) is 6.92 Å². The predicted molar refractivity (Wildman–Crippen MR) is 56.5 cm³/mol. The fourth-order valence-electron chi connectivity index (χ4n) is 0.794. The molecule has 2 nitrogen and oxygen atoms in total. The van der Waals surface area contributed by atoms with Crippen molar-refractivity contribution in [2.45, 2.75) is 19.8 Å². The SMILES string of the molecule is CCN1C=CN(C)C1.FC(F)C(F)F.S. The van der Waals surface area contributed by atoms with Gasteiger partial charge in [0.15, 0.2) is 0 Å². The van der Waals surface area contributed by atoms with Crippen molar-refractivity contribution in [1.82, 2.24) is 9.80 Å². The lowest BCUT2D eigenvalue weighted by atomic mass is 10.6. The van der Waals surface area contributed by atoms with Gasteiger partial charge in [-0.15, -0.1) is 0 Å². The second-order valence-electron chi connectivity index (χ2n) is 2.77. The number of hydrogen-bond acceptors (Lipinski definition) is 2. The minimum Gasteiger partial charge on any atom is -0.362 e. The summed E-state index contributed by atoms with van der Waals surface area (Å²) in [4.78, 5) is 4.41. The van der Waals surface area contributed by atoms with E-state index in [1.165, 1.54) is 0 Å². The lowest BCUT2D eigenvalue weighted by molar-refractivity contribution is -0.0278. The quantitative estimate of drug-likeness (QED) is 0.692. The molecule has 0 bridgehead atoms. The van der Waals surface area contributed by atoms with Crippen LogP contribution < -0.4 is 0 Å². The monoisotopic (exact) mass is 248 g/mol. The number of rotatable bonds is 2. The van der Waals surface area contributed by atoms with Crippen LogP contribution in [0.2, 0.25) is 0 Å². The Morgan fingerprint density at radius 1 is 1.13 bits per heavy atom. The summed E-state index contributed by atoms with van der Waals surface area (Å²) < 4.78 is 41.6. The van der Waals surface area contributed by atoms with Gasteiger partial charge in [0.2, 0.25) is 0 Å². The van der Waals surface area contributed by atoms with Crippen molar-refractivity contribution in [1.29, 1.82) is 0 Å². The van der Waals surface area contributed by atoms with Crippen LogP contribution in [-0.4, -0.2) is 42.9 Å². The van der Waals surface area contributed by atoms with Crippen LogP contribution in [0.5, 0.6) is 0 Å². The Balaban J connectivity index is 0. The van der Waals surface area contributed by atoms with Gasteiger partial charge in [-0.05, 0) is 6.92 Å². The Bertz CT molecular complexity index is 172. The molecule has 0 spiro atoms.